The van der Waals surface area contributed by atoms with Crippen molar-refractivity contribution in [3.8, 4) is 0 Å². The predicted molar refractivity (Wildman–Crippen MR) is 88.0 cm³/mol. The van der Waals surface area contributed by atoms with Crippen LogP contribution < -0.4 is 5.48 Å². The zero-order valence-electron chi connectivity index (χ0n) is 13.7. The Morgan fingerprint density at radius 1 is 1.48 bits per heavy atom. The lowest BCUT2D eigenvalue weighted by atomic mass is 10.1. The largest absolute Gasteiger partial charge is 0.350 e. The predicted octanol–water partition coefficient (Wildman–Crippen LogP) is 2.43. The average molecular weight is 346 g/mol. The van der Waals surface area contributed by atoms with Crippen molar-refractivity contribution in [1.82, 2.24) is 9.55 Å². The first-order valence-electron chi connectivity index (χ1n) is 7.90. The molecule has 1 fully saturated rings. The van der Waals surface area contributed by atoms with E-state index in [1.807, 2.05) is 0 Å². The number of anilines is 1. The van der Waals surface area contributed by atoms with E-state index in [0.717, 1.165) is 19.3 Å². The standard InChI is InChI=1S/C16H18N4O5/c1-19-8-7-17-16(19)15(21)11-5-6-12(13(10-11)20(22)23)18-25-14-4-2-3-9-24-14/h5-8,10,14,18H,2-4,9H2,1H3. The molecule has 3 rings (SSSR count). The molecule has 9 nitrogen and oxygen atoms in total. The summed E-state index contributed by atoms with van der Waals surface area (Å²) >= 11 is 0. The second-order valence-electron chi connectivity index (χ2n) is 5.70. The molecule has 0 radical (unpaired) electrons. The van der Waals surface area contributed by atoms with Crippen LogP contribution in [0.1, 0.15) is 35.4 Å². The first-order valence-corrected chi connectivity index (χ1v) is 7.90. The Hall–Kier alpha value is -2.78. The quantitative estimate of drug-likeness (QED) is 0.486. The number of nitrogens with one attached hydrogen (secondary N) is 1. The molecule has 1 atom stereocenters. The van der Waals surface area contributed by atoms with Crippen molar-refractivity contribution in [3.63, 3.8) is 0 Å². The maximum absolute atomic E-state index is 12.4. The zero-order chi connectivity index (χ0) is 17.8. The van der Waals surface area contributed by atoms with E-state index in [2.05, 4.69) is 10.5 Å². The molecule has 1 unspecified atom stereocenters. The first-order chi connectivity index (χ1) is 12.1. The minimum absolute atomic E-state index is 0.163. The highest BCUT2D eigenvalue weighted by atomic mass is 16.8. The number of carbonyl (C=O) groups is 1. The Balaban J connectivity index is 1.79. The number of nitro benzene ring substituents is 1. The maximum Gasteiger partial charge on any atom is 0.295 e. The van der Waals surface area contributed by atoms with Crippen LogP contribution in [-0.2, 0) is 16.6 Å². The van der Waals surface area contributed by atoms with E-state index in [4.69, 9.17) is 9.57 Å². The smallest absolute Gasteiger partial charge is 0.295 e. The van der Waals surface area contributed by atoms with Crippen molar-refractivity contribution in [2.24, 2.45) is 7.05 Å². The molecule has 0 bridgehead atoms. The van der Waals surface area contributed by atoms with E-state index < -0.39 is 17.0 Å². The van der Waals surface area contributed by atoms with Crippen molar-refractivity contribution < 1.29 is 19.3 Å². The molecule has 0 spiro atoms. The van der Waals surface area contributed by atoms with Gasteiger partial charge in [0.05, 0.1) is 4.92 Å². The summed E-state index contributed by atoms with van der Waals surface area (Å²) in [5, 5.41) is 11.3. The van der Waals surface area contributed by atoms with Crippen LogP contribution >= 0.6 is 0 Å². The van der Waals surface area contributed by atoms with Crippen molar-refractivity contribution in [2.75, 3.05) is 12.1 Å². The fraction of sp³-hybridized carbons (Fsp3) is 0.375. The van der Waals surface area contributed by atoms with Crippen LogP contribution in [0.2, 0.25) is 0 Å². The molecule has 1 aromatic carbocycles. The fourth-order valence-electron chi connectivity index (χ4n) is 2.56. The van der Waals surface area contributed by atoms with Gasteiger partial charge < -0.3 is 9.30 Å². The van der Waals surface area contributed by atoms with Gasteiger partial charge in [-0.15, -0.1) is 0 Å². The Morgan fingerprint density at radius 2 is 2.32 bits per heavy atom. The SMILES string of the molecule is Cn1ccnc1C(=O)c1ccc(NOC2CCCCO2)c([N+](=O)[O-])c1. The summed E-state index contributed by atoms with van der Waals surface area (Å²) in [5.41, 5.74) is 2.67. The van der Waals surface area contributed by atoms with Crippen molar-refractivity contribution in [1.29, 1.82) is 0 Å². The molecule has 132 valence electrons. The van der Waals surface area contributed by atoms with E-state index in [-0.39, 0.29) is 22.8 Å². The molecular weight excluding hydrogens is 328 g/mol. The van der Waals surface area contributed by atoms with Crippen LogP contribution in [0.4, 0.5) is 11.4 Å². The van der Waals surface area contributed by atoms with E-state index in [0.29, 0.717) is 6.61 Å². The molecule has 2 heterocycles. The number of imidazole rings is 1. The third-order valence-electron chi connectivity index (χ3n) is 3.92. The lowest BCUT2D eigenvalue weighted by Crippen LogP contribution is -2.25. The number of hydrogen-bond acceptors (Lipinski definition) is 7. The molecule has 2 aromatic rings. The molecule has 9 heteroatoms. The van der Waals surface area contributed by atoms with Gasteiger partial charge in [0.15, 0.2) is 12.1 Å². The molecule has 0 amide bonds. The number of ether oxygens (including phenoxy) is 1. The summed E-state index contributed by atoms with van der Waals surface area (Å²) in [6, 6.07) is 4.15. The van der Waals surface area contributed by atoms with Gasteiger partial charge in [0.1, 0.15) is 5.69 Å². The highest BCUT2D eigenvalue weighted by Gasteiger charge is 2.22. The summed E-state index contributed by atoms with van der Waals surface area (Å²) in [6.45, 7) is 0.603. The van der Waals surface area contributed by atoms with Gasteiger partial charge in [-0.25, -0.2) is 9.82 Å². The minimum Gasteiger partial charge on any atom is -0.350 e. The molecule has 1 aromatic heterocycles. The van der Waals surface area contributed by atoms with Gasteiger partial charge >= 0.3 is 0 Å². The Bertz CT molecular complexity index is 783. The molecule has 1 saturated heterocycles. The van der Waals surface area contributed by atoms with Crippen LogP contribution in [0.5, 0.6) is 0 Å². The number of hydrogen-bond donors (Lipinski definition) is 1. The number of rotatable bonds is 6. The third-order valence-corrected chi connectivity index (χ3v) is 3.92. The zero-order valence-corrected chi connectivity index (χ0v) is 13.7. The second-order valence-corrected chi connectivity index (χ2v) is 5.70. The highest BCUT2D eigenvalue weighted by Crippen LogP contribution is 2.27. The van der Waals surface area contributed by atoms with Crippen LogP contribution in [0, 0.1) is 10.1 Å². The number of carbonyl (C=O) groups excluding carboxylic acids is 1. The van der Waals surface area contributed by atoms with Gasteiger partial charge in [-0.05, 0) is 25.0 Å². The number of nitro groups is 1. The summed E-state index contributed by atoms with van der Waals surface area (Å²) < 4.78 is 6.96. The number of ketones is 1. The normalized spacial score (nSPS) is 17.2. The number of aryl methyl sites for hydroxylation is 1. The fourth-order valence-corrected chi connectivity index (χ4v) is 2.56. The van der Waals surface area contributed by atoms with Crippen LogP contribution in [-0.4, -0.2) is 33.2 Å². The molecule has 25 heavy (non-hydrogen) atoms. The molecular formula is C16H18N4O5. The van der Waals surface area contributed by atoms with Gasteiger partial charge in [-0.1, -0.05) is 0 Å². The van der Waals surface area contributed by atoms with E-state index >= 15 is 0 Å². The Kier molecular flexibility index (Phi) is 5.05. The topological polar surface area (TPSA) is 109 Å². The Morgan fingerprint density at radius 3 is 2.96 bits per heavy atom. The second kappa shape index (κ2) is 7.41. The van der Waals surface area contributed by atoms with E-state index in [1.165, 1.54) is 24.4 Å². The lowest BCUT2D eigenvalue weighted by Gasteiger charge is -2.22. The molecule has 1 aliphatic rings. The van der Waals surface area contributed by atoms with Gasteiger partial charge in [0, 0.05) is 44.1 Å². The number of benzene rings is 1. The maximum atomic E-state index is 12.4. The van der Waals surface area contributed by atoms with Gasteiger partial charge in [-0.3, -0.25) is 20.4 Å². The van der Waals surface area contributed by atoms with E-state index in [1.54, 1.807) is 17.8 Å². The molecule has 1 aliphatic heterocycles. The van der Waals surface area contributed by atoms with Crippen LogP contribution in [0.25, 0.3) is 0 Å². The highest BCUT2D eigenvalue weighted by molar-refractivity contribution is 6.07. The lowest BCUT2D eigenvalue weighted by molar-refractivity contribution is -0.384. The summed E-state index contributed by atoms with van der Waals surface area (Å²) in [7, 11) is 1.68. The van der Waals surface area contributed by atoms with Crippen LogP contribution in [0.15, 0.2) is 30.6 Å². The van der Waals surface area contributed by atoms with Crippen molar-refractivity contribution in [3.05, 3.63) is 52.1 Å². The average Bonchev–Trinajstić information content (AvgIpc) is 3.06. The summed E-state index contributed by atoms with van der Waals surface area (Å²) in [6.07, 6.45) is 5.36. The molecule has 1 N–H and O–H groups in total. The third kappa shape index (κ3) is 3.83. The van der Waals surface area contributed by atoms with Gasteiger partial charge in [0.25, 0.3) is 5.69 Å². The van der Waals surface area contributed by atoms with Gasteiger partial charge in [-0.2, -0.15) is 0 Å². The van der Waals surface area contributed by atoms with Crippen molar-refractivity contribution in [2.45, 2.75) is 25.6 Å². The minimum atomic E-state index is -0.567. The number of nitrogens with zero attached hydrogens (tertiary/aromatic N) is 3. The van der Waals surface area contributed by atoms with Crippen LogP contribution in [0.3, 0.4) is 0 Å². The summed E-state index contributed by atoms with van der Waals surface area (Å²) in [4.78, 5) is 32.6. The molecule has 0 aliphatic carbocycles. The van der Waals surface area contributed by atoms with Crippen molar-refractivity contribution >= 4 is 17.2 Å². The van der Waals surface area contributed by atoms with E-state index in [9.17, 15) is 14.9 Å². The van der Waals surface area contributed by atoms with Gasteiger partial charge in [0.2, 0.25) is 5.78 Å². The first kappa shape index (κ1) is 17.1. The summed E-state index contributed by atoms with van der Waals surface area (Å²) in [5.74, 6) is -0.180. The number of aromatic nitrogens is 2. The molecule has 0 saturated carbocycles. The monoisotopic (exact) mass is 346 g/mol. The Labute approximate surface area is 143 Å².